The van der Waals surface area contributed by atoms with E-state index in [4.69, 9.17) is 11.5 Å². The number of amides is 4. The zero-order valence-electron chi connectivity index (χ0n) is 18.8. The van der Waals surface area contributed by atoms with Gasteiger partial charge in [0.25, 0.3) is 0 Å². The van der Waals surface area contributed by atoms with Crippen molar-refractivity contribution >= 4 is 41.4 Å². The molecule has 0 radical (unpaired) electrons. The van der Waals surface area contributed by atoms with Crippen LogP contribution < -0.4 is 22.1 Å². The van der Waals surface area contributed by atoms with E-state index in [2.05, 4.69) is 10.6 Å². The smallest absolute Gasteiger partial charge is 0.326 e. The van der Waals surface area contributed by atoms with Crippen LogP contribution in [-0.2, 0) is 24.0 Å². The summed E-state index contributed by atoms with van der Waals surface area (Å²) in [6.07, 6.45) is 3.12. The number of aliphatic carboxylic acids is 1. The summed E-state index contributed by atoms with van der Waals surface area (Å²) in [7, 11) is 0. The van der Waals surface area contributed by atoms with Crippen molar-refractivity contribution in [3.05, 3.63) is 0 Å². The lowest BCUT2D eigenvalue weighted by molar-refractivity contribution is -0.145. The first-order chi connectivity index (χ1) is 15.0. The van der Waals surface area contributed by atoms with Crippen molar-refractivity contribution in [1.29, 1.82) is 0 Å². The summed E-state index contributed by atoms with van der Waals surface area (Å²) in [5.74, 6) is -2.94. The van der Waals surface area contributed by atoms with Crippen LogP contribution >= 0.6 is 11.8 Å². The number of carboxylic acids is 1. The van der Waals surface area contributed by atoms with Crippen molar-refractivity contribution in [2.45, 2.75) is 70.1 Å². The molecule has 4 unspecified atom stereocenters. The molecule has 1 fully saturated rings. The summed E-state index contributed by atoms with van der Waals surface area (Å²) >= 11 is 1.48. The summed E-state index contributed by atoms with van der Waals surface area (Å²) in [5.41, 5.74) is 10.9. The summed E-state index contributed by atoms with van der Waals surface area (Å²) in [4.78, 5) is 62.2. The van der Waals surface area contributed by atoms with Gasteiger partial charge in [-0.3, -0.25) is 19.2 Å². The van der Waals surface area contributed by atoms with Crippen LogP contribution in [0, 0.1) is 5.92 Å². The van der Waals surface area contributed by atoms with Crippen LogP contribution in [0.1, 0.15) is 46.0 Å². The average molecular weight is 474 g/mol. The Kier molecular flexibility index (Phi) is 11.5. The number of nitrogens with two attached hydrogens (primary N) is 2. The van der Waals surface area contributed by atoms with E-state index in [-0.39, 0.29) is 25.2 Å². The Hall–Kier alpha value is -2.34. The van der Waals surface area contributed by atoms with Crippen LogP contribution in [-0.4, -0.2) is 82.3 Å². The minimum absolute atomic E-state index is 0.0511. The molecule has 1 heterocycles. The Balaban J connectivity index is 2.86. The molecule has 1 saturated heterocycles. The minimum atomic E-state index is -1.12. The number of hydrogen-bond donors (Lipinski definition) is 5. The molecule has 182 valence electrons. The molecular formula is C20H35N5O6S. The second kappa shape index (κ2) is 13.3. The highest BCUT2D eigenvalue weighted by atomic mass is 32.2. The van der Waals surface area contributed by atoms with E-state index in [9.17, 15) is 29.1 Å². The first-order valence-electron chi connectivity index (χ1n) is 10.7. The zero-order valence-corrected chi connectivity index (χ0v) is 19.7. The Labute approximate surface area is 192 Å². The standard InChI is InChI=1S/C20H35N5O6S/c1-11(2)16(24-17(27)12(21)6-7-15(22)26)19(29)25-9-4-5-14(25)18(28)23-13(20(30)31)8-10-32-3/h11-14,16H,4-10,21H2,1-3H3,(H2,22,26)(H,23,28)(H,24,27)(H,30,31). The van der Waals surface area contributed by atoms with E-state index >= 15 is 0 Å². The first kappa shape index (κ1) is 27.7. The molecule has 0 bridgehead atoms. The van der Waals surface area contributed by atoms with Gasteiger partial charge in [-0.2, -0.15) is 11.8 Å². The molecule has 7 N–H and O–H groups in total. The predicted molar refractivity (Wildman–Crippen MR) is 120 cm³/mol. The minimum Gasteiger partial charge on any atom is -0.480 e. The van der Waals surface area contributed by atoms with Gasteiger partial charge in [0, 0.05) is 13.0 Å². The second-order valence-electron chi connectivity index (χ2n) is 8.21. The molecule has 0 aromatic carbocycles. The van der Waals surface area contributed by atoms with Gasteiger partial charge in [-0.1, -0.05) is 13.8 Å². The van der Waals surface area contributed by atoms with E-state index in [0.29, 0.717) is 25.1 Å². The maximum Gasteiger partial charge on any atom is 0.326 e. The lowest BCUT2D eigenvalue weighted by Crippen LogP contribution is -2.58. The Morgan fingerprint density at radius 3 is 2.34 bits per heavy atom. The van der Waals surface area contributed by atoms with Gasteiger partial charge in [0.2, 0.25) is 23.6 Å². The van der Waals surface area contributed by atoms with E-state index in [1.807, 2.05) is 6.26 Å². The SMILES string of the molecule is CSCCC(NC(=O)C1CCCN1C(=O)C(NC(=O)C(N)CCC(N)=O)C(C)C)C(=O)O. The third-order valence-corrected chi connectivity index (χ3v) is 5.98. The number of rotatable bonds is 13. The molecule has 0 aliphatic carbocycles. The molecule has 32 heavy (non-hydrogen) atoms. The quantitative estimate of drug-likeness (QED) is 0.226. The van der Waals surface area contributed by atoms with Gasteiger partial charge in [0.15, 0.2) is 0 Å². The van der Waals surface area contributed by atoms with Crippen molar-refractivity contribution in [1.82, 2.24) is 15.5 Å². The van der Waals surface area contributed by atoms with E-state index < -0.39 is 53.8 Å². The molecule has 0 spiro atoms. The highest BCUT2D eigenvalue weighted by molar-refractivity contribution is 7.98. The van der Waals surface area contributed by atoms with Gasteiger partial charge in [0.05, 0.1) is 6.04 Å². The zero-order chi connectivity index (χ0) is 24.4. The van der Waals surface area contributed by atoms with Crippen molar-refractivity contribution < 1.29 is 29.1 Å². The summed E-state index contributed by atoms with van der Waals surface area (Å²) < 4.78 is 0. The van der Waals surface area contributed by atoms with Gasteiger partial charge < -0.3 is 32.1 Å². The third kappa shape index (κ3) is 8.30. The number of thioether (sulfide) groups is 1. The summed E-state index contributed by atoms with van der Waals surface area (Å²) in [6.45, 7) is 3.84. The molecule has 11 nitrogen and oxygen atoms in total. The van der Waals surface area contributed by atoms with Crippen molar-refractivity contribution in [3.8, 4) is 0 Å². The molecular weight excluding hydrogens is 438 g/mol. The Morgan fingerprint density at radius 1 is 1.16 bits per heavy atom. The van der Waals surface area contributed by atoms with Crippen molar-refractivity contribution in [3.63, 3.8) is 0 Å². The fourth-order valence-corrected chi connectivity index (χ4v) is 3.92. The number of carbonyl (C=O) groups excluding carboxylic acids is 4. The number of carboxylic acid groups (broad SMARTS) is 1. The number of hydrogen-bond acceptors (Lipinski definition) is 7. The molecule has 4 atom stereocenters. The molecule has 0 saturated carbocycles. The molecule has 1 aliphatic rings. The van der Waals surface area contributed by atoms with Gasteiger partial charge in [-0.05, 0) is 43.6 Å². The largest absolute Gasteiger partial charge is 0.480 e. The number of likely N-dealkylation sites (tertiary alicyclic amines) is 1. The lowest BCUT2D eigenvalue weighted by atomic mass is 10.0. The highest BCUT2D eigenvalue weighted by Crippen LogP contribution is 2.21. The van der Waals surface area contributed by atoms with Crippen molar-refractivity contribution in [2.24, 2.45) is 17.4 Å². The van der Waals surface area contributed by atoms with E-state index in [1.165, 1.54) is 16.7 Å². The molecule has 12 heteroatoms. The van der Waals surface area contributed by atoms with E-state index in [0.717, 1.165) is 0 Å². The molecule has 0 aromatic heterocycles. The Bertz CT molecular complexity index is 704. The van der Waals surface area contributed by atoms with Crippen LogP contribution in [0.15, 0.2) is 0 Å². The van der Waals surface area contributed by atoms with Crippen LogP contribution in [0.4, 0.5) is 0 Å². The van der Waals surface area contributed by atoms with Gasteiger partial charge in [-0.15, -0.1) is 0 Å². The molecule has 0 aromatic rings. The first-order valence-corrected chi connectivity index (χ1v) is 12.1. The highest BCUT2D eigenvalue weighted by Gasteiger charge is 2.39. The van der Waals surface area contributed by atoms with Gasteiger partial charge in [0.1, 0.15) is 18.1 Å². The van der Waals surface area contributed by atoms with Crippen LogP contribution in [0.3, 0.4) is 0 Å². The van der Waals surface area contributed by atoms with Gasteiger partial charge >= 0.3 is 5.97 Å². The number of carbonyl (C=O) groups is 5. The maximum absolute atomic E-state index is 13.2. The topological polar surface area (TPSA) is 185 Å². The molecule has 1 rings (SSSR count). The fourth-order valence-electron chi connectivity index (χ4n) is 3.45. The van der Waals surface area contributed by atoms with Gasteiger partial charge in [-0.25, -0.2) is 4.79 Å². The number of primary amides is 1. The van der Waals surface area contributed by atoms with Crippen LogP contribution in [0.2, 0.25) is 0 Å². The Morgan fingerprint density at radius 2 is 1.81 bits per heavy atom. The van der Waals surface area contributed by atoms with Crippen LogP contribution in [0.25, 0.3) is 0 Å². The second-order valence-corrected chi connectivity index (χ2v) is 9.20. The number of nitrogens with one attached hydrogen (secondary N) is 2. The predicted octanol–water partition coefficient (Wildman–Crippen LogP) is -0.966. The number of nitrogens with zero attached hydrogens (tertiary/aromatic N) is 1. The normalized spacial score (nSPS) is 18.7. The van der Waals surface area contributed by atoms with E-state index in [1.54, 1.807) is 13.8 Å². The van der Waals surface area contributed by atoms with Crippen LogP contribution in [0.5, 0.6) is 0 Å². The maximum atomic E-state index is 13.2. The summed E-state index contributed by atoms with van der Waals surface area (Å²) in [5, 5.41) is 14.5. The molecule has 1 aliphatic heterocycles. The average Bonchev–Trinajstić information content (AvgIpc) is 3.21. The van der Waals surface area contributed by atoms with Crippen molar-refractivity contribution in [2.75, 3.05) is 18.6 Å². The molecule has 4 amide bonds. The lowest BCUT2D eigenvalue weighted by Gasteiger charge is -2.31. The third-order valence-electron chi connectivity index (χ3n) is 5.33. The fraction of sp³-hybridized carbons (Fsp3) is 0.750. The monoisotopic (exact) mass is 473 g/mol. The summed E-state index contributed by atoms with van der Waals surface area (Å²) in [6, 6.07) is -3.75.